The third kappa shape index (κ3) is 5.34. The monoisotopic (exact) mass is 379 g/mol. The number of anilines is 1. The lowest BCUT2D eigenvalue weighted by molar-refractivity contribution is -0.134. The zero-order valence-electron chi connectivity index (χ0n) is 16.1. The quantitative estimate of drug-likeness (QED) is 0.844. The molecule has 1 spiro atoms. The molecule has 0 amide bonds. The first kappa shape index (κ1) is 19.9. The van der Waals surface area contributed by atoms with Crippen LogP contribution in [-0.4, -0.2) is 42.5 Å². The molecule has 0 atom stereocenters. The van der Waals surface area contributed by atoms with Crippen molar-refractivity contribution in [1.82, 2.24) is 0 Å². The molecule has 3 aliphatic rings. The van der Waals surface area contributed by atoms with Crippen LogP contribution in [0.5, 0.6) is 5.75 Å². The molecule has 150 valence electrons. The number of carboxylic acids is 1. The SMILES string of the molecule is CC(=O)O.Fc1ccc(OC2CCC2)cc1N1CCC2(CCCCO2)CC1. The zero-order chi connectivity index (χ0) is 19.3. The molecule has 1 aromatic rings. The summed E-state index contributed by atoms with van der Waals surface area (Å²) in [4.78, 5) is 11.2. The fraction of sp³-hybridized carbons (Fsp3) is 0.667. The number of rotatable bonds is 3. The number of halogens is 1. The second-order valence-electron chi connectivity index (χ2n) is 7.78. The molecule has 1 aliphatic carbocycles. The normalized spacial score (nSPS) is 21.8. The molecule has 1 saturated carbocycles. The van der Waals surface area contributed by atoms with Gasteiger partial charge < -0.3 is 19.5 Å². The lowest BCUT2D eigenvalue weighted by Gasteiger charge is -2.44. The van der Waals surface area contributed by atoms with E-state index in [1.165, 1.54) is 19.3 Å². The largest absolute Gasteiger partial charge is 0.490 e. The van der Waals surface area contributed by atoms with Crippen LogP contribution in [0.2, 0.25) is 0 Å². The minimum absolute atomic E-state index is 0.0608. The van der Waals surface area contributed by atoms with E-state index in [-0.39, 0.29) is 11.4 Å². The number of hydrogen-bond acceptors (Lipinski definition) is 4. The summed E-state index contributed by atoms with van der Waals surface area (Å²) in [6.07, 6.45) is 9.42. The number of ether oxygens (including phenoxy) is 2. The standard InChI is InChI=1S/C19H26FNO2.C2H4O2/c20-17-7-6-16(23-15-4-3-5-15)14-18(17)21-11-9-19(10-12-21)8-1-2-13-22-19;1-2(3)4/h6-7,14-15H,1-5,8-13H2;1H3,(H,3,4). The van der Waals surface area contributed by atoms with Crippen LogP contribution in [0.4, 0.5) is 10.1 Å². The van der Waals surface area contributed by atoms with Crippen molar-refractivity contribution in [3.05, 3.63) is 24.0 Å². The number of hydrogen-bond donors (Lipinski definition) is 1. The minimum Gasteiger partial charge on any atom is -0.490 e. The van der Waals surface area contributed by atoms with Crippen molar-refractivity contribution in [2.24, 2.45) is 0 Å². The average Bonchev–Trinajstić information content (AvgIpc) is 2.61. The van der Waals surface area contributed by atoms with Gasteiger partial charge in [0, 0.05) is 32.7 Å². The summed E-state index contributed by atoms with van der Waals surface area (Å²) in [6, 6.07) is 5.19. The van der Waals surface area contributed by atoms with Crippen molar-refractivity contribution in [1.29, 1.82) is 0 Å². The topological polar surface area (TPSA) is 59.0 Å². The molecule has 6 heteroatoms. The maximum atomic E-state index is 14.3. The second kappa shape index (κ2) is 8.91. The Morgan fingerprint density at radius 3 is 2.48 bits per heavy atom. The van der Waals surface area contributed by atoms with E-state index in [1.807, 2.05) is 6.07 Å². The third-order valence-electron chi connectivity index (χ3n) is 5.72. The van der Waals surface area contributed by atoms with E-state index in [0.717, 1.165) is 64.5 Å². The van der Waals surface area contributed by atoms with Gasteiger partial charge in [-0.15, -0.1) is 0 Å². The highest BCUT2D eigenvalue weighted by molar-refractivity contribution is 5.63. The van der Waals surface area contributed by atoms with Crippen LogP contribution < -0.4 is 9.64 Å². The molecule has 5 nitrogen and oxygen atoms in total. The highest BCUT2D eigenvalue weighted by Crippen LogP contribution is 2.37. The number of aliphatic carboxylic acids is 1. The Balaban J connectivity index is 0.000000481. The molecular formula is C21H30FNO4. The van der Waals surface area contributed by atoms with Crippen molar-refractivity contribution in [3.8, 4) is 5.75 Å². The zero-order valence-corrected chi connectivity index (χ0v) is 16.1. The number of carboxylic acid groups (broad SMARTS) is 1. The van der Waals surface area contributed by atoms with Gasteiger partial charge in [-0.3, -0.25) is 4.79 Å². The number of carbonyl (C=O) groups is 1. The number of piperidine rings is 1. The van der Waals surface area contributed by atoms with Gasteiger partial charge in [0.05, 0.1) is 17.4 Å². The molecule has 2 aliphatic heterocycles. The summed E-state index contributed by atoms with van der Waals surface area (Å²) in [5.41, 5.74) is 0.748. The Labute approximate surface area is 160 Å². The van der Waals surface area contributed by atoms with Crippen LogP contribution in [0, 0.1) is 5.82 Å². The van der Waals surface area contributed by atoms with Gasteiger partial charge in [0.15, 0.2) is 0 Å². The highest BCUT2D eigenvalue weighted by atomic mass is 19.1. The number of nitrogens with zero attached hydrogens (tertiary/aromatic N) is 1. The fourth-order valence-corrected chi connectivity index (χ4v) is 3.95. The molecule has 2 saturated heterocycles. The summed E-state index contributed by atoms with van der Waals surface area (Å²) in [7, 11) is 0. The summed E-state index contributed by atoms with van der Waals surface area (Å²) < 4.78 is 26.3. The van der Waals surface area contributed by atoms with Crippen LogP contribution >= 0.6 is 0 Å². The Hall–Kier alpha value is -1.82. The van der Waals surface area contributed by atoms with E-state index in [1.54, 1.807) is 12.1 Å². The number of benzene rings is 1. The van der Waals surface area contributed by atoms with Crippen LogP contribution in [0.3, 0.4) is 0 Å². The summed E-state index contributed by atoms with van der Waals surface area (Å²) >= 11 is 0. The maximum Gasteiger partial charge on any atom is 0.300 e. The minimum atomic E-state index is -0.833. The first-order chi connectivity index (χ1) is 13.0. The Morgan fingerprint density at radius 1 is 1.22 bits per heavy atom. The van der Waals surface area contributed by atoms with Gasteiger partial charge in [0.1, 0.15) is 11.6 Å². The molecule has 0 radical (unpaired) electrons. The smallest absolute Gasteiger partial charge is 0.300 e. The molecule has 0 unspecified atom stereocenters. The molecule has 0 bridgehead atoms. The first-order valence-corrected chi connectivity index (χ1v) is 10.0. The molecule has 3 fully saturated rings. The molecule has 4 rings (SSSR count). The van der Waals surface area contributed by atoms with Crippen molar-refractivity contribution >= 4 is 11.7 Å². The van der Waals surface area contributed by atoms with Gasteiger partial charge in [-0.2, -0.15) is 0 Å². The van der Waals surface area contributed by atoms with Crippen molar-refractivity contribution in [2.75, 3.05) is 24.6 Å². The third-order valence-corrected chi connectivity index (χ3v) is 5.72. The van der Waals surface area contributed by atoms with E-state index in [9.17, 15) is 4.39 Å². The van der Waals surface area contributed by atoms with Crippen LogP contribution in [0.15, 0.2) is 18.2 Å². The van der Waals surface area contributed by atoms with E-state index < -0.39 is 5.97 Å². The lowest BCUT2D eigenvalue weighted by atomic mass is 9.84. The Morgan fingerprint density at radius 2 is 1.93 bits per heavy atom. The van der Waals surface area contributed by atoms with Crippen molar-refractivity contribution in [2.45, 2.75) is 70.0 Å². The Kier molecular flexibility index (Phi) is 6.58. The average molecular weight is 379 g/mol. The van der Waals surface area contributed by atoms with Crippen LogP contribution in [0.25, 0.3) is 0 Å². The molecule has 2 heterocycles. The van der Waals surface area contributed by atoms with E-state index in [2.05, 4.69) is 4.90 Å². The maximum absolute atomic E-state index is 14.3. The fourth-order valence-electron chi connectivity index (χ4n) is 3.95. The van der Waals surface area contributed by atoms with E-state index >= 15 is 0 Å². The van der Waals surface area contributed by atoms with Gasteiger partial charge in [-0.05, 0) is 63.5 Å². The van der Waals surface area contributed by atoms with E-state index in [4.69, 9.17) is 19.4 Å². The van der Waals surface area contributed by atoms with E-state index in [0.29, 0.717) is 11.8 Å². The van der Waals surface area contributed by atoms with Gasteiger partial charge in [-0.25, -0.2) is 4.39 Å². The van der Waals surface area contributed by atoms with Gasteiger partial charge in [0.2, 0.25) is 0 Å². The van der Waals surface area contributed by atoms with Crippen molar-refractivity contribution < 1.29 is 23.8 Å². The van der Waals surface area contributed by atoms with Gasteiger partial charge in [-0.1, -0.05) is 0 Å². The molecule has 1 aromatic carbocycles. The highest BCUT2D eigenvalue weighted by Gasteiger charge is 2.37. The van der Waals surface area contributed by atoms with Gasteiger partial charge in [0.25, 0.3) is 5.97 Å². The predicted molar refractivity (Wildman–Crippen MR) is 102 cm³/mol. The van der Waals surface area contributed by atoms with Crippen LogP contribution in [0.1, 0.15) is 58.3 Å². The van der Waals surface area contributed by atoms with Gasteiger partial charge >= 0.3 is 0 Å². The summed E-state index contributed by atoms with van der Waals surface area (Å²) in [5.74, 6) is -0.174. The lowest BCUT2D eigenvalue weighted by Crippen LogP contribution is -2.48. The summed E-state index contributed by atoms with van der Waals surface area (Å²) in [6.45, 7) is 3.70. The Bertz CT molecular complexity index is 627. The predicted octanol–water partition coefficient (Wildman–Crippen LogP) is 4.39. The molecule has 0 aromatic heterocycles. The van der Waals surface area contributed by atoms with Crippen molar-refractivity contribution in [3.63, 3.8) is 0 Å². The molecule has 1 N–H and O–H groups in total. The van der Waals surface area contributed by atoms with Crippen LogP contribution in [-0.2, 0) is 9.53 Å². The summed E-state index contributed by atoms with van der Waals surface area (Å²) in [5, 5.41) is 7.42. The molecule has 27 heavy (non-hydrogen) atoms. The second-order valence-corrected chi connectivity index (χ2v) is 7.78. The molecular weight excluding hydrogens is 349 g/mol. The first-order valence-electron chi connectivity index (χ1n) is 10.0.